The number of carboxylic acid groups (broad SMARTS) is 1. The number of hydrogen-bond acceptors (Lipinski definition) is 3. The fourth-order valence-corrected chi connectivity index (χ4v) is 3.66. The highest BCUT2D eigenvalue weighted by Gasteiger charge is 2.49. The average Bonchev–Trinajstić information content (AvgIpc) is 2.99. The summed E-state index contributed by atoms with van der Waals surface area (Å²) in [6, 6.07) is 7.37. The van der Waals surface area contributed by atoms with Gasteiger partial charge in [-0.1, -0.05) is 25.1 Å². The quantitative estimate of drug-likeness (QED) is 0.913. The van der Waals surface area contributed by atoms with Crippen LogP contribution in [-0.2, 0) is 9.59 Å². The first-order valence-electron chi connectivity index (χ1n) is 7.95. The van der Waals surface area contributed by atoms with Gasteiger partial charge in [-0.25, -0.2) is 4.79 Å². The van der Waals surface area contributed by atoms with Crippen LogP contribution in [0.25, 0.3) is 0 Å². The van der Waals surface area contributed by atoms with Crippen molar-refractivity contribution in [2.24, 2.45) is 0 Å². The molecule has 122 valence electrons. The number of piperazine rings is 1. The predicted molar refractivity (Wildman–Crippen MR) is 82.8 cm³/mol. The highest BCUT2D eigenvalue weighted by Crippen LogP contribution is 2.32. The van der Waals surface area contributed by atoms with E-state index in [0.29, 0.717) is 31.4 Å². The minimum Gasteiger partial charge on any atom is -0.480 e. The number of hydrogen-bond donors (Lipinski definition) is 1. The van der Waals surface area contributed by atoms with E-state index in [9.17, 15) is 19.5 Å². The molecule has 6 heteroatoms. The average molecular weight is 316 g/mol. The van der Waals surface area contributed by atoms with Crippen LogP contribution in [0.5, 0.6) is 0 Å². The van der Waals surface area contributed by atoms with E-state index >= 15 is 0 Å². The second kappa shape index (κ2) is 6.02. The first-order chi connectivity index (χ1) is 11.0. The molecule has 6 nitrogen and oxygen atoms in total. The summed E-state index contributed by atoms with van der Waals surface area (Å²) in [6.07, 6.45) is 1.56. The molecule has 1 aromatic carbocycles. The van der Waals surface area contributed by atoms with E-state index in [1.807, 2.05) is 13.0 Å². The molecule has 2 amide bonds. The molecule has 3 atom stereocenters. The molecule has 2 aliphatic rings. The van der Waals surface area contributed by atoms with Crippen molar-refractivity contribution >= 4 is 17.8 Å². The van der Waals surface area contributed by atoms with Gasteiger partial charge in [0.25, 0.3) is 5.91 Å². The molecule has 0 radical (unpaired) electrons. The lowest BCUT2D eigenvalue weighted by Crippen LogP contribution is -2.63. The molecule has 23 heavy (non-hydrogen) atoms. The van der Waals surface area contributed by atoms with Crippen LogP contribution < -0.4 is 0 Å². The van der Waals surface area contributed by atoms with Gasteiger partial charge in [0.1, 0.15) is 12.1 Å². The lowest BCUT2D eigenvalue weighted by Gasteiger charge is -2.43. The zero-order chi connectivity index (χ0) is 16.6. The van der Waals surface area contributed by atoms with E-state index in [2.05, 4.69) is 0 Å². The molecule has 0 saturated carbocycles. The molecular weight excluding hydrogens is 296 g/mol. The smallest absolute Gasteiger partial charge is 0.326 e. The maximum atomic E-state index is 12.8. The van der Waals surface area contributed by atoms with Crippen molar-refractivity contribution < 1.29 is 19.5 Å². The molecule has 0 aliphatic carbocycles. The number of nitrogens with zero attached hydrogens (tertiary/aromatic N) is 2. The summed E-state index contributed by atoms with van der Waals surface area (Å²) >= 11 is 0. The van der Waals surface area contributed by atoms with Crippen molar-refractivity contribution in [3.63, 3.8) is 0 Å². The summed E-state index contributed by atoms with van der Waals surface area (Å²) in [5, 5.41) is 9.31. The number of carboxylic acids is 1. The maximum Gasteiger partial charge on any atom is 0.326 e. The van der Waals surface area contributed by atoms with E-state index < -0.39 is 18.1 Å². The Hall–Kier alpha value is -2.37. The summed E-state index contributed by atoms with van der Waals surface area (Å²) in [5.41, 5.74) is 0.556. The van der Waals surface area contributed by atoms with Gasteiger partial charge in [-0.15, -0.1) is 0 Å². The molecule has 2 saturated heterocycles. The molecule has 0 bridgehead atoms. The topological polar surface area (TPSA) is 77.9 Å². The highest BCUT2D eigenvalue weighted by atomic mass is 16.4. The van der Waals surface area contributed by atoms with Gasteiger partial charge >= 0.3 is 5.97 Å². The Morgan fingerprint density at radius 2 is 1.91 bits per heavy atom. The summed E-state index contributed by atoms with van der Waals surface area (Å²) < 4.78 is 0. The molecule has 0 spiro atoms. The number of rotatable bonds is 3. The van der Waals surface area contributed by atoms with Gasteiger partial charge in [0.15, 0.2) is 0 Å². The number of aliphatic carboxylic acids is 1. The largest absolute Gasteiger partial charge is 0.480 e. The minimum absolute atomic E-state index is 0.163. The van der Waals surface area contributed by atoms with Crippen LogP contribution in [0.1, 0.15) is 36.5 Å². The maximum absolute atomic E-state index is 12.8. The second-order valence-electron chi connectivity index (χ2n) is 6.08. The van der Waals surface area contributed by atoms with E-state index in [0.717, 1.165) is 0 Å². The van der Waals surface area contributed by atoms with Crippen LogP contribution in [0.15, 0.2) is 30.3 Å². The van der Waals surface area contributed by atoms with Gasteiger partial charge in [-0.05, 0) is 31.4 Å². The third-order valence-corrected chi connectivity index (χ3v) is 4.78. The Bertz CT molecular complexity index is 631. The fourth-order valence-electron chi connectivity index (χ4n) is 3.66. The van der Waals surface area contributed by atoms with E-state index in [4.69, 9.17) is 0 Å². The molecule has 1 aromatic rings. The Balaban J connectivity index is 1.88. The van der Waals surface area contributed by atoms with Gasteiger partial charge < -0.3 is 14.9 Å². The Morgan fingerprint density at radius 3 is 2.52 bits per heavy atom. The van der Waals surface area contributed by atoms with Gasteiger partial charge in [-0.3, -0.25) is 9.59 Å². The van der Waals surface area contributed by atoms with Gasteiger partial charge in [-0.2, -0.15) is 0 Å². The summed E-state index contributed by atoms with van der Waals surface area (Å²) in [4.78, 5) is 40.0. The van der Waals surface area contributed by atoms with Gasteiger partial charge in [0, 0.05) is 12.1 Å². The van der Waals surface area contributed by atoms with Crippen LogP contribution >= 0.6 is 0 Å². The number of carbonyl (C=O) groups excluding carboxylic acids is 2. The predicted octanol–water partition coefficient (Wildman–Crippen LogP) is 1.37. The van der Waals surface area contributed by atoms with Crippen molar-refractivity contribution in [2.75, 3.05) is 6.54 Å². The number of amides is 2. The lowest BCUT2D eigenvalue weighted by atomic mass is 10.0. The molecule has 3 unspecified atom stereocenters. The second-order valence-corrected chi connectivity index (χ2v) is 6.08. The Morgan fingerprint density at radius 1 is 1.22 bits per heavy atom. The van der Waals surface area contributed by atoms with Crippen molar-refractivity contribution in [3.05, 3.63) is 35.9 Å². The Kier molecular flexibility index (Phi) is 4.07. The third-order valence-electron chi connectivity index (χ3n) is 4.78. The number of fused-ring (bicyclic) bond motifs is 1. The van der Waals surface area contributed by atoms with Crippen LogP contribution in [0.3, 0.4) is 0 Å². The SMILES string of the molecule is CCC1C(=O)N2C(CCC2C(=O)O)CN1C(=O)c1ccccc1. The molecule has 1 N–H and O–H groups in total. The first-order valence-corrected chi connectivity index (χ1v) is 7.95. The highest BCUT2D eigenvalue weighted by molar-refractivity contribution is 5.99. The van der Waals surface area contributed by atoms with E-state index in [-0.39, 0.29) is 17.9 Å². The summed E-state index contributed by atoms with van der Waals surface area (Å²) in [6.45, 7) is 2.25. The van der Waals surface area contributed by atoms with Crippen molar-refractivity contribution in [1.29, 1.82) is 0 Å². The summed E-state index contributed by atoms with van der Waals surface area (Å²) in [5.74, 6) is -1.36. The van der Waals surface area contributed by atoms with Crippen LogP contribution in [0.2, 0.25) is 0 Å². The number of benzene rings is 1. The zero-order valence-electron chi connectivity index (χ0n) is 13.0. The van der Waals surface area contributed by atoms with Gasteiger partial charge in [0.05, 0.1) is 6.04 Å². The van der Waals surface area contributed by atoms with Crippen molar-refractivity contribution in [3.8, 4) is 0 Å². The third kappa shape index (κ3) is 2.58. The monoisotopic (exact) mass is 316 g/mol. The normalized spacial score (nSPS) is 27.0. The molecule has 3 rings (SSSR count). The number of carbonyl (C=O) groups is 3. The molecule has 2 heterocycles. The van der Waals surface area contributed by atoms with Crippen LogP contribution in [0.4, 0.5) is 0 Å². The lowest BCUT2D eigenvalue weighted by molar-refractivity contribution is -0.155. The van der Waals surface area contributed by atoms with Crippen LogP contribution in [0, 0.1) is 0 Å². The molecule has 2 aliphatic heterocycles. The summed E-state index contributed by atoms with van der Waals surface area (Å²) in [7, 11) is 0. The van der Waals surface area contributed by atoms with Gasteiger partial charge in [0.2, 0.25) is 5.91 Å². The molecule has 0 aromatic heterocycles. The fraction of sp³-hybridized carbons (Fsp3) is 0.471. The molecular formula is C17H20N2O4. The first kappa shape index (κ1) is 15.5. The van der Waals surface area contributed by atoms with Crippen LogP contribution in [-0.4, -0.2) is 57.4 Å². The Labute approximate surface area is 134 Å². The zero-order valence-corrected chi connectivity index (χ0v) is 13.0. The minimum atomic E-state index is -0.960. The standard InChI is InChI=1S/C17H20N2O4/c1-2-13-16(21)19-12(8-9-14(19)17(22)23)10-18(13)15(20)11-6-4-3-5-7-11/h3-7,12-14H,2,8-10H2,1H3,(H,22,23). The van der Waals surface area contributed by atoms with E-state index in [1.165, 1.54) is 4.90 Å². The van der Waals surface area contributed by atoms with Crippen molar-refractivity contribution in [2.45, 2.75) is 44.3 Å². The van der Waals surface area contributed by atoms with E-state index in [1.54, 1.807) is 29.2 Å². The molecule has 2 fully saturated rings. The van der Waals surface area contributed by atoms with Crippen molar-refractivity contribution in [1.82, 2.24) is 9.80 Å².